The lowest BCUT2D eigenvalue weighted by atomic mass is 10.0. The van der Waals surface area contributed by atoms with Gasteiger partial charge in [-0.2, -0.15) is 0 Å². The Morgan fingerprint density at radius 3 is 2.31 bits per heavy atom. The van der Waals surface area contributed by atoms with E-state index in [1.807, 2.05) is 25.1 Å². The number of esters is 2. The Hall–Kier alpha value is -4.25. The number of fused-ring (bicyclic) bond motifs is 2. The van der Waals surface area contributed by atoms with Gasteiger partial charge in [-0.3, -0.25) is 4.79 Å². The van der Waals surface area contributed by atoms with Gasteiger partial charge < -0.3 is 33.7 Å². The van der Waals surface area contributed by atoms with Gasteiger partial charge in [-0.05, 0) is 54.8 Å². The van der Waals surface area contributed by atoms with Gasteiger partial charge in [0.1, 0.15) is 5.00 Å². The number of benzene rings is 2. The summed E-state index contributed by atoms with van der Waals surface area (Å²) in [5.41, 5.74) is 2.10. The summed E-state index contributed by atoms with van der Waals surface area (Å²) in [6.45, 7) is 1.56. The molecule has 3 aromatic rings. The number of anilines is 1. The van der Waals surface area contributed by atoms with Gasteiger partial charge in [0, 0.05) is 4.88 Å². The molecule has 0 radical (unpaired) electrons. The van der Waals surface area contributed by atoms with Crippen LogP contribution in [0.5, 0.6) is 23.0 Å². The van der Waals surface area contributed by atoms with Gasteiger partial charge in [-0.15, -0.1) is 11.3 Å². The molecule has 0 atom stereocenters. The van der Waals surface area contributed by atoms with Crippen molar-refractivity contribution in [3.8, 4) is 23.0 Å². The van der Waals surface area contributed by atoms with Gasteiger partial charge in [0.15, 0.2) is 29.6 Å². The molecule has 0 bridgehead atoms. The highest BCUT2D eigenvalue weighted by Gasteiger charge is 2.25. The van der Waals surface area contributed by atoms with E-state index in [0.29, 0.717) is 34.4 Å². The Balaban J connectivity index is 1.29. The number of thiophene rings is 1. The van der Waals surface area contributed by atoms with Gasteiger partial charge in [0.25, 0.3) is 5.91 Å². The van der Waals surface area contributed by atoms with Crippen molar-refractivity contribution in [1.82, 2.24) is 0 Å². The van der Waals surface area contributed by atoms with Crippen molar-refractivity contribution in [2.45, 2.75) is 13.3 Å². The summed E-state index contributed by atoms with van der Waals surface area (Å²) in [4.78, 5) is 38.5. The topological polar surface area (TPSA) is 119 Å². The number of amides is 1. The van der Waals surface area contributed by atoms with E-state index >= 15 is 0 Å². The van der Waals surface area contributed by atoms with Crippen LogP contribution in [-0.2, 0) is 20.7 Å². The zero-order valence-electron chi connectivity index (χ0n) is 19.4. The molecule has 0 fully saturated rings. The molecule has 10 nitrogen and oxygen atoms in total. The number of carbonyl (C=O) groups is 3. The quantitative estimate of drug-likeness (QED) is 0.474. The lowest BCUT2D eigenvalue weighted by molar-refractivity contribution is -0.119. The second kappa shape index (κ2) is 9.78. The molecule has 0 aliphatic carbocycles. The van der Waals surface area contributed by atoms with E-state index < -0.39 is 24.5 Å². The van der Waals surface area contributed by atoms with Crippen molar-refractivity contribution < 1.29 is 42.8 Å². The maximum atomic E-state index is 12.7. The van der Waals surface area contributed by atoms with Crippen LogP contribution in [0.4, 0.5) is 5.00 Å². The SMILES string of the molecule is COC(=O)c1c(NC(=O)COC(=O)c2ccc3c(c2)OCO3)sc(C)c1Cc1ccc2c(c1)OCO2. The highest BCUT2D eigenvalue weighted by Crippen LogP contribution is 2.38. The number of hydrogen-bond acceptors (Lipinski definition) is 10. The van der Waals surface area contributed by atoms with Crippen LogP contribution in [0.25, 0.3) is 0 Å². The summed E-state index contributed by atoms with van der Waals surface area (Å²) in [5, 5.41) is 2.99. The minimum absolute atomic E-state index is 0.0790. The third-order valence-corrected chi connectivity index (χ3v) is 6.67. The largest absolute Gasteiger partial charge is 0.465 e. The van der Waals surface area contributed by atoms with Crippen LogP contribution >= 0.6 is 11.3 Å². The molecular formula is C25H21NO9S. The number of methoxy groups -OCH3 is 1. The second-order valence-corrected chi connectivity index (χ2v) is 9.11. The van der Waals surface area contributed by atoms with Crippen molar-refractivity contribution in [3.05, 3.63) is 63.5 Å². The van der Waals surface area contributed by atoms with E-state index in [1.54, 1.807) is 6.07 Å². The molecule has 2 aliphatic rings. The number of hydrogen-bond donors (Lipinski definition) is 1. The van der Waals surface area contributed by atoms with Gasteiger partial charge in [0.05, 0.1) is 18.2 Å². The standard InChI is InChI=1S/C25H21NO9S/c1-13-16(7-14-3-5-17-19(8-14)34-11-32-17)22(25(29)30-2)23(36-13)26-21(27)10-31-24(28)15-4-6-18-20(9-15)35-12-33-18/h3-6,8-9H,7,10-12H2,1-2H3,(H,26,27). The third-order valence-electron chi connectivity index (χ3n) is 5.61. The number of carbonyl (C=O) groups excluding carboxylic acids is 3. The molecule has 11 heteroatoms. The first-order chi connectivity index (χ1) is 17.4. The summed E-state index contributed by atoms with van der Waals surface area (Å²) in [6.07, 6.45) is 0.415. The highest BCUT2D eigenvalue weighted by atomic mass is 32.1. The minimum atomic E-state index is -0.692. The average molecular weight is 512 g/mol. The molecule has 0 saturated heterocycles. The Morgan fingerprint density at radius 1 is 0.917 bits per heavy atom. The maximum absolute atomic E-state index is 12.7. The van der Waals surface area contributed by atoms with Crippen LogP contribution < -0.4 is 24.3 Å². The van der Waals surface area contributed by atoms with Gasteiger partial charge in [-0.25, -0.2) is 9.59 Å². The van der Waals surface area contributed by atoms with Crippen molar-refractivity contribution in [2.75, 3.05) is 32.6 Å². The smallest absolute Gasteiger partial charge is 0.341 e. The third kappa shape index (κ3) is 4.65. The van der Waals surface area contributed by atoms with Gasteiger partial charge >= 0.3 is 11.9 Å². The zero-order chi connectivity index (χ0) is 25.2. The molecule has 2 aliphatic heterocycles. The molecule has 0 saturated carbocycles. The van der Waals surface area contributed by atoms with Crippen LogP contribution in [0.15, 0.2) is 36.4 Å². The monoisotopic (exact) mass is 511 g/mol. The molecule has 1 amide bonds. The molecule has 0 unspecified atom stereocenters. The summed E-state index contributed by atoms with van der Waals surface area (Å²) >= 11 is 1.24. The number of ether oxygens (including phenoxy) is 6. The second-order valence-electron chi connectivity index (χ2n) is 7.89. The van der Waals surface area contributed by atoms with Crippen LogP contribution in [0.1, 0.15) is 36.7 Å². The van der Waals surface area contributed by atoms with E-state index in [9.17, 15) is 14.4 Å². The first kappa shape index (κ1) is 23.5. The van der Waals surface area contributed by atoms with E-state index in [4.69, 9.17) is 28.4 Å². The van der Waals surface area contributed by atoms with Crippen LogP contribution in [0, 0.1) is 6.92 Å². The first-order valence-corrected chi connectivity index (χ1v) is 11.7. The molecule has 36 heavy (non-hydrogen) atoms. The predicted octanol–water partition coefficient (Wildman–Crippen LogP) is 3.69. The number of nitrogens with one attached hydrogen (secondary N) is 1. The van der Waals surface area contributed by atoms with Gasteiger partial charge in [-0.1, -0.05) is 6.07 Å². The molecule has 2 aromatic carbocycles. The molecule has 1 N–H and O–H groups in total. The van der Waals surface area contributed by atoms with Crippen molar-refractivity contribution in [1.29, 1.82) is 0 Å². The van der Waals surface area contributed by atoms with Crippen LogP contribution in [0.2, 0.25) is 0 Å². The molecule has 1 aromatic heterocycles. The molecule has 0 spiro atoms. The fraction of sp³-hybridized carbons (Fsp3) is 0.240. The fourth-order valence-electron chi connectivity index (χ4n) is 3.85. The Morgan fingerprint density at radius 2 is 1.58 bits per heavy atom. The van der Waals surface area contributed by atoms with E-state index in [2.05, 4.69) is 5.32 Å². The number of rotatable bonds is 7. The molecular weight excluding hydrogens is 490 g/mol. The summed E-state index contributed by atoms with van der Waals surface area (Å²) < 4.78 is 31.4. The predicted molar refractivity (Wildman–Crippen MR) is 127 cm³/mol. The molecule has 5 rings (SSSR count). The van der Waals surface area contributed by atoms with Crippen molar-refractivity contribution in [3.63, 3.8) is 0 Å². The Bertz CT molecular complexity index is 1360. The van der Waals surface area contributed by atoms with E-state index in [0.717, 1.165) is 16.0 Å². The average Bonchev–Trinajstić information content (AvgIpc) is 3.60. The zero-order valence-corrected chi connectivity index (χ0v) is 20.2. The van der Waals surface area contributed by atoms with Gasteiger partial charge in [0.2, 0.25) is 13.6 Å². The van der Waals surface area contributed by atoms with E-state index in [1.165, 1.54) is 30.6 Å². The van der Waals surface area contributed by atoms with Crippen molar-refractivity contribution >= 4 is 34.2 Å². The Kier molecular flexibility index (Phi) is 6.38. The lowest BCUT2D eigenvalue weighted by Crippen LogP contribution is -2.21. The number of aryl methyl sites for hydroxylation is 1. The molecule has 3 heterocycles. The van der Waals surface area contributed by atoms with Crippen LogP contribution in [-0.4, -0.2) is 45.1 Å². The van der Waals surface area contributed by atoms with Crippen molar-refractivity contribution in [2.24, 2.45) is 0 Å². The summed E-state index contributed by atoms with van der Waals surface area (Å²) in [6, 6.07) is 10.2. The van der Waals surface area contributed by atoms with E-state index in [-0.39, 0.29) is 24.7 Å². The van der Waals surface area contributed by atoms with Crippen LogP contribution in [0.3, 0.4) is 0 Å². The Labute approximate surface area is 209 Å². The maximum Gasteiger partial charge on any atom is 0.341 e. The lowest BCUT2D eigenvalue weighted by Gasteiger charge is -2.09. The first-order valence-electron chi connectivity index (χ1n) is 10.9. The normalized spacial score (nSPS) is 12.8. The minimum Gasteiger partial charge on any atom is -0.465 e. The highest BCUT2D eigenvalue weighted by molar-refractivity contribution is 7.16. The fourth-order valence-corrected chi connectivity index (χ4v) is 4.93. The summed E-state index contributed by atoms with van der Waals surface area (Å²) in [5.74, 6) is 0.398. The molecule has 186 valence electrons. The summed E-state index contributed by atoms with van der Waals surface area (Å²) in [7, 11) is 1.28.